The SMILES string of the molecule is CCn1c(-c2nonc2N)nc2c(C#CC(C)(C)O)ncc(OCCCNCCCC(=O)NCCOCCOCCOCCOCCOCCC(=O)NC(C(=O)N3C[C@H](O)C[C@H]3C(=O)NCc3ccc(-c4scnc4C)cc3)C(C)(C)C)c21. The van der Waals surface area contributed by atoms with E-state index in [0.717, 1.165) is 21.7 Å². The molecule has 0 bridgehead atoms. The highest BCUT2D eigenvalue weighted by Crippen LogP contribution is 2.34. The number of anilines is 1. The minimum atomic E-state index is -1.23. The minimum absolute atomic E-state index is 0.0131. The molecule has 0 saturated carbocycles. The zero-order chi connectivity index (χ0) is 59.8. The van der Waals surface area contributed by atoms with Gasteiger partial charge in [-0.3, -0.25) is 19.2 Å². The van der Waals surface area contributed by atoms with E-state index in [1.165, 1.54) is 4.90 Å². The van der Waals surface area contributed by atoms with Crippen LogP contribution in [0.3, 0.4) is 0 Å². The molecule has 4 amide bonds. The third kappa shape index (κ3) is 20.9. The van der Waals surface area contributed by atoms with Crippen LogP contribution in [0.1, 0.15) is 90.6 Å². The Labute approximate surface area is 488 Å². The van der Waals surface area contributed by atoms with Crippen LogP contribution in [-0.4, -0.2) is 191 Å². The van der Waals surface area contributed by atoms with Gasteiger partial charge in [0.25, 0.3) is 0 Å². The molecular formula is C57H82N12O13S. The Morgan fingerprint density at radius 2 is 1.51 bits per heavy atom. The van der Waals surface area contributed by atoms with Crippen molar-refractivity contribution in [2.45, 2.75) is 117 Å². The molecule has 3 atom stereocenters. The number of fused-ring (bicyclic) bond motifs is 1. The number of ether oxygens (including phenoxy) is 6. The number of nitrogen functional groups attached to an aromatic ring is 1. The minimum Gasteiger partial charge on any atom is -0.490 e. The maximum Gasteiger partial charge on any atom is 0.246 e. The summed E-state index contributed by atoms with van der Waals surface area (Å²) in [5, 5.41) is 40.4. The zero-order valence-corrected chi connectivity index (χ0v) is 49.6. The average Bonchev–Trinajstić information content (AvgIpc) is 4.25. The van der Waals surface area contributed by atoms with E-state index in [-0.39, 0.29) is 68.4 Å². The molecule has 25 nitrogen and oxygen atoms in total. The summed E-state index contributed by atoms with van der Waals surface area (Å²) in [6, 6.07) is 6.04. The summed E-state index contributed by atoms with van der Waals surface area (Å²) in [5.41, 5.74) is 10.6. The van der Waals surface area contributed by atoms with Gasteiger partial charge in [-0.1, -0.05) is 51.0 Å². The van der Waals surface area contributed by atoms with Gasteiger partial charge in [0, 0.05) is 45.4 Å². The van der Waals surface area contributed by atoms with Gasteiger partial charge in [-0.05, 0) is 86.4 Å². The van der Waals surface area contributed by atoms with E-state index in [1.54, 1.807) is 31.4 Å². The van der Waals surface area contributed by atoms with Crippen molar-refractivity contribution in [1.82, 2.24) is 56.0 Å². The van der Waals surface area contributed by atoms with Crippen LogP contribution in [-0.2, 0) is 56.0 Å². The van der Waals surface area contributed by atoms with Gasteiger partial charge in [0.15, 0.2) is 23.1 Å². The van der Waals surface area contributed by atoms with Crippen LogP contribution in [0.5, 0.6) is 5.75 Å². The summed E-state index contributed by atoms with van der Waals surface area (Å²) in [4.78, 5) is 68.7. The molecule has 6 rings (SSSR count). The van der Waals surface area contributed by atoms with Gasteiger partial charge < -0.3 is 75.1 Å². The number of pyridine rings is 1. The first-order valence-corrected chi connectivity index (χ1v) is 29.0. The number of likely N-dealkylation sites (tertiary alicyclic amines) is 1. The van der Waals surface area contributed by atoms with Crippen LogP contribution in [0.25, 0.3) is 33.0 Å². The number of thiazole rings is 1. The molecule has 4 aromatic heterocycles. The Morgan fingerprint density at radius 1 is 0.843 bits per heavy atom. The maximum absolute atomic E-state index is 13.9. The lowest BCUT2D eigenvalue weighted by atomic mass is 9.85. The number of aliphatic hydroxyl groups is 2. The number of nitrogens with two attached hydrogens (primary N) is 1. The van der Waals surface area contributed by atoms with Gasteiger partial charge in [0.05, 0.1) is 101 Å². The predicted molar refractivity (Wildman–Crippen MR) is 310 cm³/mol. The molecule has 8 N–H and O–H groups in total. The molecule has 1 aliphatic rings. The lowest BCUT2D eigenvalue weighted by Gasteiger charge is -2.35. The van der Waals surface area contributed by atoms with Crippen molar-refractivity contribution in [3.8, 4) is 39.5 Å². The fourth-order valence-electron chi connectivity index (χ4n) is 8.75. The number of nitrogens with one attached hydrogen (secondary N) is 4. The van der Waals surface area contributed by atoms with Crippen molar-refractivity contribution >= 4 is 51.8 Å². The number of aliphatic hydroxyl groups excluding tert-OH is 1. The number of amides is 4. The monoisotopic (exact) mass is 1170 g/mol. The molecule has 1 unspecified atom stereocenters. The maximum atomic E-state index is 13.9. The molecule has 1 aromatic carbocycles. The molecule has 454 valence electrons. The molecule has 5 heterocycles. The quantitative estimate of drug-likeness (QED) is 0.0226. The van der Waals surface area contributed by atoms with E-state index in [2.05, 4.69) is 53.4 Å². The number of aromatic nitrogens is 6. The summed E-state index contributed by atoms with van der Waals surface area (Å²) in [5.74, 6) is 5.52. The second-order valence-electron chi connectivity index (χ2n) is 21.3. The number of imidazole rings is 1. The fourth-order valence-corrected chi connectivity index (χ4v) is 9.56. The topological polar surface area (TPSA) is 324 Å². The van der Waals surface area contributed by atoms with Crippen LogP contribution < -0.4 is 31.7 Å². The molecule has 1 aliphatic heterocycles. The van der Waals surface area contributed by atoms with E-state index >= 15 is 0 Å². The van der Waals surface area contributed by atoms with Gasteiger partial charge in [-0.2, -0.15) is 0 Å². The fraction of sp³-hybridized carbons (Fsp3) is 0.596. The Hall–Kier alpha value is -6.67. The van der Waals surface area contributed by atoms with Gasteiger partial charge in [-0.15, -0.1) is 11.3 Å². The molecule has 1 fully saturated rings. The number of carbonyl (C=O) groups excluding carboxylic acids is 4. The first-order valence-electron chi connectivity index (χ1n) is 28.1. The predicted octanol–water partition coefficient (Wildman–Crippen LogP) is 3.17. The van der Waals surface area contributed by atoms with Crippen molar-refractivity contribution in [2.24, 2.45) is 5.41 Å². The molecule has 5 aromatic rings. The molecular weight excluding hydrogens is 1090 g/mol. The first kappa shape index (κ1) is 65.5. The van der Waals surface area contributed by atoms with Crippen LogP contribution in [0.2, 0.25) is 0 Å². The van der Waals surface area contributed by atoms with Crippen molar-refractivity contribution in [3.05, 3.63) is 52.9 Å². The summed E-state index contributed by atoms with van der Waals surface area (Å²) < 4.78 is 40.7. The van der Waals surface area contributed by atoms with Crippen molar-refractivity contribution in [3.63, 3.8) is 0 Å². The summed E-state index contributed by atoms with van der Waals surface area (Å²) in [6.45, 7) is 18.8. The largest absolute Gasteiger partial charge is 0.490 e. The third-order valence-electron chi connectivity index (χ3n) is 13.0. The molecule has 0 aliphatic carbocycles. The Kier molecular flexibility index (Phi) is 26.0. The van der Waals surface area contributed by atoms with Crippen LogP contribution >= 0.6 is 11.3 Å². The van der Waals surface area contributed by atoms with Crippen LogP contribution in [0.4, 0.5) is 5.82 Å². The molecule has 26 heteroatoms. The van der Waals surface area contributed by atoms with Crippen molar-refractivity contribution < 1.29 is 62.4 Å². The van der Waals surface area contributed by atoms with E-state index in [4.69, 9.17) is 43.8 Å². The van der Waals surface area contributed by atoms with Gasteiger partial charge in [0.2, 0.25) is 23.6 Å². The molecule has 0 spiro atoms. The highest BCUT2D eigenvalue weighted by atomic mass is 32.1. The lowest BCUT2D eigenvalue weighted by Crippen LogP contribution is -2.57. The number of hydrogen-bond donors (Lipinski definition) is 7. The highest BCUT2D eigenvalue weighted by Gasteiger charge is 2.44. The first-order chi connectivity index (χ1) is 39.8. The van der Waals surface area contributed by atoms with E-state index in [9.17, 15) is 29.4 Å². The second kappa shape index (κ2) is 33.0. The van der Waals surface area contributed by atoms with Crippen molar-refractivity contribution in [1.29, 1.82) is 0 Å². The number of carbonyl (C=O) groups is 4. The van der Waals surface area contributed by atoms with E-state index in [0.29, 0.717) is 133 Å². The lowest BCUT2D eigenvalue weighted by molar-refractivity contribution is -0.144. The van der Waals surface area contributed by atoms with E-state index in [1.807, 2.05) is 69.0 Å². The normalized spacial score (nSPS) is 14.8. The number of benzene rings is 1. The molecule has 1 saturated heterocycles. The highest BCUT2D eigenvalue weighted by molar-refractivity contribution is 7.13. The van der Waals surface area contributed by atoms with E-state index < -0.39 is 35.1 Å². The van der Waals surface area contributed by atoms with Crippen LogP contribution in [0, 0.1) is 24.2 Å². The van der Waals surface area contributed by atoms with Gasteiger partial charge in [-0.25, -0.2) is 19.6 Å². The van der Waals surface area contributed by atoms with Gasteiger partial charge >= 0.3 is 0 Å². The number of β-amino-alcohol motifs (C(OH)–C–C–N with tert-alkyl or cyclic N) is 1. The zero-order valence-electron chi connectivity index (χ0n) is 48.8. The number of aryl methyl sites for hydroxylation is 2. The van der Waals surface area contributed by atoms with Crippen LogP contribution in [0.15, 0.2) is 40.6 Å². The number of hydrogen-bond acceptors (Lipinski definition) is 21. The van der Waals surface area contributed by atoms with Crippen molar-refractivity contribution in [2.75, 3.05) is 105 Å². The Morgan fingerprint density at radius 3 is 2.12 bits per heavy atom. The Balaban J connectivity index is 0.723. The molecule has 83 heavy (non-hydrogen) atoms. The Bertz CT molecular complexity index is 2910. The smallest absolute Gasteiger partial charge is 0.246 e. The average molecular weight is 1180 g/mol. The van der Waals surface area contributed by atoms with Gasteiger partial charge in [0.1, 0.15) is 34.4 Å². The summed E-state index contributed by atoms with van der Waals surface area (Å²) in [7, 11) is 0. The molecule has 0 radical (unpaired) electrons. The number of rotatable bonds is 35. The second-order valence-corrected chi connectivity index (χ2v) is 22.2. The third-order valence-corrected chi connectivity index (χ3v) is 14.0. The standard InChI is InChI=1S/C57H82N12O13S/c1-8-68-49-44(35-61-42(16-18-57(6,7)75)47(49)65-53(68)48-52(58)67-82-66-48)81-22-10-20-59-19-9-11-45(71)60-21-24-77-26-28-79-30-32-80-31-29-78-27-25-76-23-17-46(72)64-51(56(3,4)5)55(74)69-36-41(70)33-43(69)54(73)62-34-39-12-14-40(15-13-39)50-38(2)63-37-83-50/h12-15,35,37,41,43,51,59,70,75H,8-11,17,19-34,36H2,1-7H3,(H2,58,67)(H,60,71)(H,62,73)(H,64,72)/t41-,43+,51?/m1/s1. The summed E-state index contributed by atoms with van der Waals surface area (Å²) in [6.07, 6.45) is 2.57. The number of nitrogens with zero attached hydrogens (tertiary/aromatic N) is 7. The summed E-state index contributed by atoms with van der Waals surface area (Å²) >= 11 is 1.57.